The second kappa shape index (κ2) is 8.48. The van der Waals surface area contributed by atoms with Gasteiger partial charge in [-0.3, -0.25) is 4.79 Å². The van der Waals surface area contributed by atoms with E-state index in [9.17, 15) is 4.79 Å². The minimum atomic E-state index is 0.134. The van der Waals surface area contributed by atoms with Crippen molar-refractivity contribution in [3.8, 4) is 5.69 Å². The molecule has 2 fully saturated rings. The first-order valence-corrected chi connectivity index (χ1v) is 9.96. The van der Waals surface area contributed by atoms with Crippen LogP contribution in [0.1, 0.15) is 37.7 Å². The SMILES string of the molecule is O=C(/C=C/c1ccc(-n2cncn2)cc1)N1CCC[C@H]1CN1CCCCC1. The fraction of sp³-hybridized carbons (Fsp3) is 0.476. The highest BCUT2D eigenvalue weighted by molar-refractivity contribution is 5.92. The van der Waals surface area contributed by atoms with Crippen molar-refractivity contribution in [1.82, 2.24) is 24.6 Å². The second-order valence-electron chi connectivity index (χ2n) is 7.45. The van der Waals surface area contributed by atoms with Crippen LogP contribution in [0, 0.1) is 0 Å². The normalized spacial score (nSPS) is 21.2. The van der Waals surface area contributed by atoms with Crippen molar-refractivity contribution in [2.75, 3.05) is 26.2 Å². The van der Waals surface area contributed by atoms with Crippen molar-refractivity contribution in [3.05, 3.63) is 48.6 Å². The maximum Gasteiger partial charge on any atom is 0.246 e. The number of amides is 1. The summed E-state index contributed by atoms with van der Waals surface area (Å²) in [5.74, 6) is 0.134. The quantitative estimate of drug-likeness (QED) is 0.765. The number of aromatic nitrogens is 3. The average molecular weight is 365 g/mol. The second-order valence-corrected chi connectivity index (χ2v) is 7.45. The summed E-state index contributed by atoms with van der Waals surface area (Å²) in [6.07, 6.45) is 13.0. The molecule has 0 N–H and O–H groups in total. The van der Waals surface area contributed by atoms with Crippen molar-refractivity contribution in [2.45, 2.75) is 38.1 Å². The largest absolute Gasteiger partial charge is 0.335 e. The van der Waals surface area contributed by atoms with E-state index in [1.807, 2.05) is 30.3 Å². The zero-order valence-corrected chi connectivity index (χ0v) is 15.7. The van der Waals surface area contributed by atoms with Gasteiger partial charge in [-0.15, -0.1) is 0 Å². The Hall–Kier alpha value is -2.47. The van der Waals surface area contributed by atoms with Crippen LogP contribution in [0.4, 0.5) is 0 Å². The van der Waals surface area contributed by atoms with Crippen LogP contribution in [-0.4, -0.2) is 62.7 Å². The lowest BCUT2D eigenvalue weighted by Crippen LogP contribution is -2.44. The number of likely N-dealkylation sites (tertiary alicyclic amines) is 2. The number of benzene rings is 1. The maximum absolute atomic E-state index is 12.7. The van der Waals surface area contributed by atoms with E-state index in [1.54, 1.807) is 17.1 Å². The molecule has 2 saturated heterocycles. The molecule has 2 aliphatic heterocycles. The van der Waals surface area contributed by atoms with E-state index in [4.69, 9.17) is 0 Å². The van der Waals surface area contributed by atoms with Crippen LogP contribution in [0.3, 0.4) is 0 Å². The lowest BCUT2D eigenvalue weighted by atomic mass is 10.1. The molecule has 1 atom stereocenters. The van der Waals surface area contributed by atoms with Crippen molar-refractivity contribution in [3.63, 3.8) is 0 Å². The number of nitrogens with zero attached hydrogens (tertiary/aromatic N) is 5. The lowest BCUT2D eigenvalue weighted by Gasteiger charge is -2.32. The van der Waals surface area contributed by atoms with Gasteiger partial charge in [0, 0.05) is 25.2 Å². The Labute approximate surface area is 160 Å². The zero-order chi connectivity index (χ0) is 18.5. The average Bonchev–Trinajstić information content (AvgIpc) is 3.40. The first kappa shape index (κ1) is 17.9. The first-order valence-electron chi connectivity index (χ1n) is 9.96. The van der Waals surface area contributed by atoms with Gasteiger partial charge in [-0.05, 0) is 62.5 Å². The monoisotopic (exact) mass is 365 g/mol. The number of carbonyl (C=O) groups is 1. The Kier molecular flexibility index (Phi) is 5.63. The minimum absolute atomic E-state index is 0.134. The lowest BCUT2D eigenvalue weighted by molar-refractivity contribution is -0.127. The molecule has 6 nitrogen and oxygen atoms in total. The fourth-order valence-corrected chi connectivity index (χ4v) is 4.10. The molecule has 2 aromatic rings. The summed E-state index contributed by atoms with van der Waals surface area (Å²) >= 11 is 0. The summed E-state index contributed by atoms with van der Waals surface area (Å²) in [5, 5.41) is 4.12. The topological polar surface area (TPSA) is 54.3 Å². The zero-order valence-electron chi connectivity index (χ0n) is 15.7. The summed E-state index contributed by atoms with van der Waals surface area (Å²) < 4.78 is 1.72. The summed E-state index contributed by atoms with van der Waals surface area (Å²) in [6, 6.07) is 8.32. The number of hydrogen-bond donors (Lipinski definition) is 0. The Morgan fingerprint density at radius 2 is 1.89 bits per heavy atom. The third-order valence-corrected chi connectivity index (χ3v) is 5.57. The van der Waals surface area contributed by atoms with E-state index < -0.39 is 0 Å². The molecule has 142 valence electrons. The standard InChI is InChI=1S/C21H27N5O/c27-21(25-14-4-5-20(25)15-24-12-2-1-3-13-24)11-8-18-6-9-19(10-7-18)26-17-22-16-23-26/h6-11,16-17,20H,1-5,12-15H2/b11-8+/t20-/m0/s1. The van der Waals surface area contributed by atoms with E-state index in [1.165, 1.54) is 38.7 Å². The molecular formula is C21H27N5O. The van der Waals surface area contributed by atoms with Crippen LogP contribution in [0.15, 0.2) is 43.0 Å². The molecule has 2 aliphatic rings. The van der Waals surface area contributed by atoms with Gasteiger partial charge in [0.15, 0.2) is 0 Å². The number of carbonyl (C=O) groups excluding carboxylic acids is 1. The van der Waals surface area contributed by atoms with Crippen molar-refractivity contribution in [1.29, 1.82) is 0 Å². The number of rotatable bonds is 5. The highest BCUT2D eigenvalue weighted by Gasteiger charge is 2.29. The van der Waals surface area contributed by atoms with E-state index in [0.717, 1.165) is 37.2 Å². The summed E-state index contributed by atoms with van der Waals surface area (Å²) in [6.45, 7) is 4.29. The highest BCUT2D eigenvalue weighted by Crippen LogP contribution is 2.21. The van der Waals surface area contributed by atoms with Crippen LogP contribution in [0.5, 0.6) is 0 Å². The van der Waals surface area contributed by atoms with Crippen molar-refractivity contribution >= 4 is 12.0 Å². The minimum Gasteiger partial charge on any atom is -0.335 e. The summed E-state index contributed by atoms with van der Waals surface area (Å²) in [7, 11) is 0. The molecule has 4 rings (SSSR count). The summed E-state index contributed by atoms with van der Waals surface area (Å²) in [4.78, 5) is 21.3. The van der Waals surface area contributed by atoms with Gasteiger partial charge < -0.3 is 9.80 Å². The Morgan fingerprint density at radius 3 is 2.63 bits per heavy atom. The molecule has 3 heterocycles. The van der Waals surface area contributed by atoms with Gasteiger partial charge in [-0.1, -0.05) is 18.6 Å². The fourth-order valence-electron chi connectivity index (χ4n) is 4.10. The Morgan fingerprint density at radius 1 is 1.07 bits per heavy atom. The molecular weight excluding hydrogens is 338 g/mol. The number of piperidine rings is 1. The van der Waals surface area contributed by atoms with Gasteiger partial charge in [0.1, 0.15) is 12.7 Å². The molecule has 1 aromatic carbocycles. The van der Waals surface area contributed by atoms with Gasteiger partial charge in [0.05, 0.1) is 5.69 Å². The van der Waals surface area contributed by atoms with Crippen LogP contribution in [0.25, 0.3) is 11.8 Å². The van der Waals surface area contributed by atoms with Gasteiger partial charge in [-0.2, -0.15) is 5.10 Å². The molecule has 1 amide bonds. The third-order valence-electron chi connectivity index (χ3n) is 5.57. The Bertz CT molecular complexity index is 762. The summed E-state index contributed by atoms with van der Waals surface area (Å²) in [5.41, 5.74) is 1.97. The van der Waals surface area contributed by atoms with Crippen LogP contribution in [-0.2, 0) is 4.79 Å². The van der Waals surface area contributed by atoms with E-state index in [-0.39, 0.29) is 5.91 Å². The van der Waals surface area contributed by atoms with E-state index in [2.05, 4.69) is 19.9 Å². The predicted octanol–water partition coefficient (Wildman–Crippen LogP) is 2.76. The smallest absolute Gasteiger partial charge is 0.246 e. The molecule has 6 heteroatoms. The third kappa shape index (κ3) is 4.45. The van der Waals surface area contributed by atoms with Crippen molar-refractivity contribution < 1.29 is 4.79 Å². The van der Waals surface area contributed by atoms with E-state index in [0.29, 0.717) is 6.04 Å². The highest BCUT2D eigenvalue weighted by atomic mass is 16.2. The number of hydrogen-bond acceptors (Lipinski definition) is 4. The van der Waals surface area contributed by atoms with Crippen LogP contribution < -0.4 is 0 Å². The van der Waals surface area contributed by atoms with Gasteiger partial charge >= 0.3 is 0 Å². The molecule has 0 unspecified atom stereocenters. The molecule has 0 saturated carbocycles. The van der Waals surface area contributed by atoms with Gasteiger partial charge in [0.25, 0.3) is 0 Å². The molecule has 27 heavy (non-hydrogen) atoms. The first-order chi connectivity index (χ1) is 13.3. The van der Waals surface area contributed by atoms with Gasteiger partial charge in [-0.25, -0.2) is 9.67 Å². The van der Waals surface area contributed by atoms with Gasteiger partial charge in [0.2, 0.25) is 5.91 Å². The van der Waals surface area contributed by atoms with E-state index >= 15 is 0 Å². The Balaban J connectivity index is 1.35. The molecule has 0 spiro atoms. The molecule has 1 aromatic heterocycles. The molecule has 0 aliphatic carbocycles. The predicted molar refractivity (Wildman–Crippen MR) is 105 cm³/mol. The molecule has 0 bridgehead atoms. The maximum atomic E-state index is 12.7. The van der Waals surface area contributed by atoms with Crippen LogP contribution >= 0.6 is 0 Å². The van der Waals surface area contributed by atoms with Crippen LogP contribution in [0.2, 0.25) is 0 Å². The molecule has 0 radical (unpaired) electrons. The van der Waals surface area contributed by atoms with Crippen molar-refractivity contribution in [2.24, 2.45) is 0 Å².